The Bertz CT molecular complexity index is 866. The van der Waals surface area contributed by atoms with Gasteiger partial charge in [-0.25, -0.2) is 14.4 Å². The van der Waals surface area contributed by atoms with Crippen LogP contribution in [0.3, 0.4) is 0 Å². The van der Waals surface area contributed by atoms with Crippen molar-refractivity contribution in [3.05, 3.63) is 46.7 Å². The summed E-state index contributed by atoms with van der Waals surface area (Å²) in [4.78, 5) is 12.2. The van der Waals surface area contributed by atoms with Gasteiger partial charge < -0.3 is 4.98 Å². The van der Waals surface area contributed by atoms with Crippen LogP contribution in [0.1, 0.15) is 0 Å². The molecule has 2 heterocycles. The molecular formula is C14H7BrFN3S. The molecule has 0 fully saturated rings. The lowest BCUT2D eigenvalue weighted by atomic mass is 10.3. The lowest BCUT2D eigenvalue weighted by molar-refractivity contribution is 0.629. The Kier molecular flexibility index (Phi) is 2.61. The number of aromatic nitrogens is 3. The summed E-state index contributed by atoms with van der Waals surface area (Å²) in [6.45, 7) is 0. The van der Waals surface area contributed by atoms with E-state index in [2.05, 4.69) is 30.9 Å². The molecule has 98 valence electrons. The molecule has 6 heteroatoms. The predicted octanol–water partition coefficient (Wildman–Crippen LogP) is 4.74. The number of halogens is 2. The van der Waals surface area contributed by atoms with Crippen molar-refractivity contribution in [2.45, 2.75) is 0 Å². The van der Waals surface area contributed by atoms with E-state index in [1.54, 1.807) is 6.07 Å². The highest BCUT2D eigenvalue weighted by atomic mass is 79.9. The lowest BCUT2D eigenvalue weighted by Crippen LogP contribution is -1.78. The molecule has 0 spiro atoms. The highest BCUT2D eigenvalue weighted by Crippen LogP contribution is 2.30. The van der Waals surface area contributed by atoms with Crippen LogP contribution in [0.4, 0.5) is 4.39 Å². The summed E-state index contributed by atoms with van der Waals surface area (Å²) in [5, 5.41) is 0.762. The van der Waals surface area contributed by atoms with Gasteiger partial charge in [0.2, 0.25) is 0 Å². The molecule has 0 aliphatic carbocycles. The number of H-pyrrole nitrogens is 1. The van der Waals surface area contributed by atoms with Gasteiger partial charge in [-0.3, -0.25) is 0 Å². The van der Waals surface area contributed by atoms with E-state index in [4.69, 9.17) is 0 Å². The summed E-state index contributed by atoms with van der Waals surface area (Å²) >= 11 is 4.93. The number of nitrogens with zero attached hydrogens (tertiary/aromatic N) is 2. The molecule has 0 bridgehead atoms. The van der Waals surface area contributed by atoms with Crippen LogP contribution in [0.15, 0.2) is 40.9 Å². The molecule has 0 aliphatic heterocycles. The Labute approximate surface area is 125 Å². The van der Waals surface area contributed by atoms with E-state index >= 15 is 0 Å². The van der Waals surface area contributed by atoms with Gasteiger partial charge in [0.25, 0.3) is 0 Å². The number of thiazole rings is 1. The maximum Gasteiger partial charge on any atom is 0.167 e. The number of nitrogens with one attached hydrogen (secondary N) is 1. The maximum atomic E-state index is 13.2. The molecule has 0 saturated carbocycles. The van der Waals surface area contributed by atoms with E-state index in [0.717, 1.165) is 25.2 Å². The third-order valence-corrected chi connectivity index (χ3v) is 4.53. The van der Waals surface area contributed by atoms with Crippen molar-refractivity contribution in [3.8, 4) is 10.8 Å². The highest BCUT2D eigenvalue weighted by molar-refractivity contribution is 9.10. The SMILES string of the molecule is Fc1ccc2sc(-c3nc4ccc(Br)cc4[nH]3)nc2c1. The van der Waals surface area contributed by atoms with Gasteiger partial charge in [0.1, 0.15) is 5.82 Å². The summed E-state index contributed by atoms with van der Waals surface area (Å²) in [6, 6.07) is 10.5. The third-order valence-electron chi connectivity index (χ3n) is 3.00. The molecule has 0 unspecified atom stereocenters. The standard InChI is InChI=1S/C14H7BrFN3S/c15-7-1-3-9-10(5-7)18-13(17-9)14-19-11-6-8(16)2-4-12(11)20-14/h1-6H,(H,17,18). The van der Waals surface area contributed by atoms with Gasteiger partial charge in [0, 0.05) is 10.5 Å². The predicted molar refractivity (Wildman–Crippen MR) is 82.4 cm³/mol. The van der Waals surface area contributed by atoms with Gasteiger partial charge >= 0.3 is 0 Å². The van der Waals surface area contributed by atoms with Crippen LogP contribution in [-0.4, -0.2) is 15.0 Å². The Balaban J connectivity index is 1.91. The monoisotopic (exact) mass is 347 g/mol. The number of benzene rings is 2. The van der Waals surface area contributed by atoms with Crippen LogP contribution in [0.5, 0.6) is 0 Å². The number of imidazole rings is 1. The summed E-state index contributed by atoms with van der Waals surface area (Å²) < 4.78 is 15.1. The molecule has 1 N–H and O–H groups in total. The van der Waals surface area contributed by atoms with Crippen molar-refractivity contribution >= 4 is 48.5 Å². The van der Waals surface area contributed by atoms with Crippen LogP contribution in [0, 0.1) is 5.82 Å². The Hall–Kier alpha value is -1.79. The summed E-state index contributed by atoms with van der Waals surface area (Å²) in [5.41, 5.74) is 2.49. The molecule has 2 aromatic carbocycles. The Morgan fingerprint density at radius 3 is 2.85 bits per heavy atom. The lowest BCUT2D eigenvalue weighted by Gasteiger charge is -1.87. The first-order valence-corrected chi connectivity index (χ1v) is 7.52. The minimum absolute atomic E-state index is 0.275. The second-order valence-corrected chi connectivity index (χ2v) is 6.32. The van der Waals surface area contributed by atoms with Gasteiger partial charge in [0.15, 0.2) is 10.8 Å². The van der Waals surface area contributed by atoms with Crippen LogP contribution in [-0.2, 0) is 0 Å². The molecule has 0 amide bonds. The molecule has 0 atom stereocenters. The summed E-state index contributed by atoms with van der Waals surface area (Å²) in [7, 11) is 0. The largest absolute Gasteiger partial charge is 0.336 e. The molecular weight excluding hydrogens is 341 g/mol. The zero-order valence-corrected chi connectivity index (χ0v) is 12.4. The van der Waals surface area contributed by atoms with Crippen LogP contribution >= 0.6 is 27.3 Å². The third kappa shape index (κ3) is 1.92. The molecule has 0 aliphatic rings. The average molecular weight is 348 g/mol. The van der Waals surface area contributed by atoms with Gasteiger partial charge in [0.05, 0.1) is 21.3 Å². The van der Waals surface area contributed by atoms with E-state index in [-0.39, 0.29) is 5.82 Å². The number of rotatable bonds is 1. The first-order valence-electron chi connectivity index (χ1n) is 5.91. The molecule has 0 saturated heterocycles. The number of aromatic amines is 1. The van der Waals surface area contributed by atoms with E-state index < -0.39 is 0 Å². The van der Waals surface area contributed by atoms with E-state index in [0.29, 0.717) is 11.3 Å². The fourth-order valence-corrected chi connectivity index (χ4v) is 3.34. The second kappa shape index (κ2) is 4.36. The maximum absolute atomic E-state index is 13.2. The van der Waals surface area contributed by atoms with Crippen LogP contribution in [0.25, 0.3) is 32.1 Å². The molecule has 4 aromatic rings. The molecule has 0 radical (unpaired) electrons. The first-order chi connectivity index (χ1) is 9.69. The summed E-state index contributed by atoms with van der Waals surface area (Å²) in [6.07, 6.45) is 0. The number of hydrogen-bond acceptors (Lipinski definition) is 3. The Morgan fingerprint density at radius 1 is 1.05 bits per heavy atom. The molecule has 4 rings (SSSR count). The van der Waals surface area contributed by atoms with Crippen molar-refractivity contribution < 1.29 is 4.39 Å². The molecule has 20 heavy (non-hydrogen) atoms. The topological polar surface area (TPSA) is 41.6 Å². The molecule has 3 nitrogen and oxygen atoms in total. The molecule has 2 aromatic heterocycles. The first kappa shape index (κ1) is 12.0. The van der Waals surface area contributed by atoms with Crippen molar-refractivity contribution in [2.24, 2.45) is 0 Å². The fourth-order valence-electron chi connectivity index (χ4n) is 2.08. The van der Waals surface area contributed by atoms with E-state index in [1.165, 1.54) is 23.5 Å². The van der Waals surface area contributed by atoms with E-state index in [1.807, 2.05) is 18.2 Å². The van der Waals surface area contributed by atoms with Gasteiger partial charge in [-0.05, 0) is 30.3 Å². The van der Waals surface area contributed by atoms with Crippen molar-refractivity contribution in [2.75, 3.05) is 0 Å². The minimum Gasteiger partial charge on any atom is -0.336 e. The van der Waals surface area contributed by atoms with Gasteiger partial charge in [-0.2, -0.15) is 0 Å². The zero-order chi connectivity index (χ0) is 13.7. The zero-order valence-electron chi connectivity index (χ0n) is 10.0. The second-order valence-electron chi connectivity index (χ2n) is 4.38. The van der Waals surface area contributed by atoms with Gasteiger partial charge in [-0.1, -0.05) is 15.9 Å². The van der Waals surface area contributed by atoms with Gasteiger partial charge in [-0.15, -0.1) is 11.3 Å². The van der Waals surface area contributed by atoms with Crippen molar-refractivity contribution in [1.29, 1.82) is 0 Å². The number of fused-ring (bicyclic) bond motifs is 2. The fraction of sp³-hybridized carbons (Fsp3) is 0. The average Bonchev–Trinajstić information content (AvgIpc) is 3.00. The quantitative estimate of drug-likeness (QED) is 0.540. The van der Waals surface area contributed by atoms with E-state index in [9.17, 15) is 4.39 Å². The van der Waals surface area contributed by atoms with Crippen LogP contribution < -0.4 is 0 Å². The highest BCUT2D eigenvalue weighted by Gasteiger charge is 2.11. The van der Waals surface area contributed by atoms with Crippen molar-refractivity contribution in [1.82, 2.24) is 15.0 Å². The Morgan fingerprint density at radius 2 is 1.95 bits per heavy atom. The van der Waals surface area contributed by atoms with Crippen molar-refractivity contribution in [3.63, 3.8) is 0 Å². The summed E-state index contributed by atoms with van der Waals surface area (Å²) in [5.74, 6) is 0.433. The minimum atomic E-state index is -0.275. The van der Waals surface area contributed by atoms with Crippen LogP contribution in [0.2, 0.25) is 0 Å². The number of hydrogen-bond donors (Lipinski definition) is 1. The normalized spacial score (nSPS) is 11.5. The smallest absolute Gasteiger partial charge is 0.167 e.